The van der Waals surface area contributed by atoms with Crippen LogP contribution in [0.3, 0.4) is 0 Å². The maximum atomic E-state index is 13.1. The van der Waals surface area contributed by atoms with E-state index in [4.69, 9.17) is 4.98 Å². The highest BCUT2D eigenvalue weighted by atomic mass is 16.2. The summed E-state index contributed by atoms with van der Waals surface area (Å²) in [7, 11) is 3.81. The van der Waals surface area contributed by atoms with Crippen molar-refractivity contribution in [3.05, 3.63) is 35.0 Å². The second-order valence-electron chi connectivity index (χ2n) is 7.85. The molecule has 0 spiro atoms. The highest BCUT2D eigenvalue weighted by Crippen LogP contribution is 2.24. The Kier molecular flexibility index (Phi) is 5.57. The number of aromatic nitrogens is 4. The van der Waals surface area contributed by atoms with Crippen molar-refractivity contribution in [2.75, 3.05) is 51.2 Å². The third-order valence-corrected chi connectivity index (χ3v) is 5.82. The van der Waals surface area contributed by atoms with Crippen molar-refractivity contribution >= 4 is 11.9 Å². The molecule has 2 aliphatic heterocycles. The molecule has 1 atom stereocenters. The van der Waals surface area contributed by atoms with Crippen molar-refractivity contribution in [1.29, 1.82) is 0 Å². The first-order valence-corrected chi connectivity index (χ1v) is 10.1. The van der Waals surface area contributed by atoms with Crippen LogP contribution in [0.25, 0.3) is 11.4 Å². The van der Waals surface area contributed by atoms with Crippen LogP contribution < -0.4 is 10.5 Å². The predicted molar refractivity (Wildman–Crippen MR) is 110 cm³/mol. The van der Waals surface area contributed by atoms with Gasteiger partial charge in [0, 0.05) is 58.6 Å². The van der Waals surface area contributed by atoms with Crippen molar-refractivity contribution in [3.8, 4) is 11.4 Å². The van der Waals surface area contributed by atoms with Crippen LogP contribution in [0, 0.1) is 5.92 Å². The van der Waals surface area contributed by atoms with E-state index in [2.05, 4.69) is 26.8 Å². The number of carbonyl (C=O) groups excluding carboxylic acids is 1. The number of piperazine rings is 1. The minimum atomic E-state index is -0.142. The number of nitrogens with zero attached hydrogens (tertiary/aromatic N) is 7. The van der Waals surface area contributed by atoms with Gasteiger partial charge in [0.15, 0.2) is 0 Å². The Hall–Kier alpha value is -2.81. The molecule has 1 unspecified atom stereocenters. The molecule has 0 aliphatic carbocycles. The SMILES string of the molecule is CN1CCN(C(=O)C2CCCN(c3nc(-c4ccncn4)cc(=O)n3C)C2)CC1. The van der Waals surface area contributed by atoms with Crippen LogP contribution >= 0.6 is 0 Å². The normalized spacial score (nSPS) is 20.7. The molecule has 1 amide bonds. The van der Waals surface area contributed by atoms with Gasteiger partial charge in [-0.05, 0) is 26.0 Å². The maximum Gasteiger partial charge on any atom is 0.255 e. The second-order valence-corrected chi connectivity index (χ2v) is 7.85. The molecule has 2 aliphatic rings. The van der Waals surface area contributed by atoms with E-state index in [0.29, 0.717) is 23.9 Å². The Labute approximate surface area is 170 Å². The summed E-state index contributed by atoms with van der Waals surface area (Å²) in [5.41, 5.74) is 0.996. The number of likely N-dealkylation sites (N-methyl/N-ethyl adjacent to an activating group) is 1. The monoisotopic (exact) mass is 397 g/mol. The van der Waals surface area contributed by atoms with Gasteiger partial charge < -0.3 is 14.7 Å². The lowest BCUT2D eigenvalue weighted by Gasteiger charge is -2.38. The van der Waals surface area contributed by atoms with Crippen molar-refractivity contribution in [2.24, 2.45) is 13.0 Å². The first-order chi connectivity index (χ1) is 14.0. The second kappa shape index (κ2) is 8.28. The van der Waals surface area contributed by atoms with E-state index in [-0.39, 0.29) is 17.4 Å². The quantitative estimate of drug-likeness (QED) is 0.733. The lowest BCUT2D eigenvalue weighted by Crippen LogP contribution is -2.52. The minimum Gasteiger partial charge on any atom is -0.341 e. The van der Waals surface area contributed by atoms with E-state index in [1.165, 1.54) is 12.4 Å². The minimum absolute atomic E-state index is 0.0632. The Morgan fingerprint density at radius 2 is 1.90 bits per heavy atom. The van der Waals surface area contributed by atoms with Gasteiger partial charge in [0.05, 0.1) is 17.3 Å². The first kappa shape index (κ1) is 19.5. The van der Waals surface area contributed by atoms with Crippen molar-refractivity contribution in [1.82, 2.24) is 29.3 Å². The topological polar surface area (TPSA) is 87.5 Å². The van der Waals surface area contributed by atoms with Gasteiger partial charge in [-0.2, -0.15) is 0 Å². The number of hydrogen-bond donors (Lipinski definition) is 0. The lowest BCUT2D eigenvalue weighted by molar-refractivity contribution is -0.137. The molecular weight excluding hydrogens is 370 g/mol. The van der Waals surface area contributed by atoms with Crippen molar-refractivity contribution in [3.63, 3.8) is 0 Å². The third kappa shape index (κ3) is 4.14. The van der Waals surface area contributed by atoms with Crippen molar-refractivity contribution in [2.45, 2.75) is 12.8 Å². The zero-order valence-electron chi connectivity index (χ0n) is 17.0. The molecule has 2 fully saturated rings. The Bertz CT molecular complexity index is 922. The van der Waals surface area contributed by atoms with Gasteiger partial charge in [0.2, 0.25) is 11.9 Å². The smallest absolute Gasteiger partial charge is 0.255 e. The van der Waals surface area contributed by atoms with Crippen LogP contribution in [0.2, 0.25) is 0 Å². The molecule has 9 heteroatoms. The van der Waals surface area contributed by atoms with Gasteiger partial charge in [-0.25, -0.2) is 15.0 Å². The standard InChI is InChI=1S/C20H27N7O2/c1-24-8-10-26(11-9-24)19(29)15-4-3-7-27(13-15)20-23-17(12-18(28)25(20)2)16-5-6-21-14-22-16/h5-6,12,14-15H,3-4,7-11,13H2,1-2H3. The summed E-state index contributed by atoms with van der Waals surface area (Å²) in [4.78, 5) is 44.7. The van der Waals surface area contributed by atoms with E-state index in [1.54, 1.807) is 23.9 Å². The summed E-state index contributed by atoms with van der Waals surface area (Å²) in [5.74, 6) is 0.744. The zero-order chi connectivity index (χ0) is 20.4. The fraction of sp³-hybridized carbons (Fsp3) is 0.550. The summed E-state index contributed by atoms with van der Waals surface area (Å²) in [5, 5.41) is 0. The largest absolute Gasteiger partial charge is 0.341 e. The number of rotatable bonds is 3. The number of hydrogen-bond acceptors (Lipinski definition) is 7. The molecule has 2 aromatic rings. The molecule has 9 nitrogen and oxygen atoms in total. The Morgan fingerprint density at radius 1 is 1.10 bits per heavy atom. The van der Waals surface area contributed by atoms with Crippen LogP contribution in [0.5, 0.6) is 0 Å². The van der Waals surface area contributed by atoms with Crippen molar-refractivity contribution < 1.29 is 4.79 Å². The van der Waals surface area contributed by atoms with Gasteiger partial charge in [0.1, 0.15) is 6.33 Å². The van der Waals surface area contributed by atoms with Gasteiger partial charge in [-0.1, -0.05) is 0 Å². The molecule has 2 saturated heterocycles. The highest BCUT2D eigenvalue weighted by molar-refractivity contribution is 5.80. The van der Waals surface area contributed by atoms with Crippen LogP contribution in [-0.4, -0.2) is 81.5 Å². The lowest BCUT2D eigenvalue weighted by atomic mass is 9.96. The van der Waals surface area contributed by atoms with Crippen LogP contribution in [-0.2, 0) is 11.8 Å². The third-order valence-electron chi connectivity index (χ3n) is 5.82. The predicted octanol–water partition coefficient (Wildman–Crippen LogP) is 0.228. The number of carbonyl (C=O) groups is 1. The van der Waals surface area contributed by atoms with E-state index in [0.717, 1.165) is 45.6 Å². The van der Waals surface area contributed by atoms with Gasteiger partial charge in [-0.3, -0.25) is 14.2 Å². The molecule has 0 aromatic carbocycles. The summed E-state index contributed by atoms with van der Waals surface area (Å²) in [6, 6.07) is 3.23. The zero-order valence-corrected chi connectivity index (χ0v) is 17.0. The van der Waals surface area contributed by atoms with Gasteiger partial charge in [-0.15, -0.1) is 0 Å². The summed E-state index contributed by atoms with van der Waals surface area (Å²) >= 11 is 0. The molecule has 4 rings (SSSR count). The summed E-state index contributed by atoms with van der Waals surface area (Å²) in [6.45, 7) is 4.76. The maximum absolute atomic E-state index is 13.1. The van der Waals surface area contributed by atoms with E-state index in [1.807, 2.05) is 4.90 Å². The molecule has 0 radical (unpaired) electrons. The Balaban J connectivity index is 1.56. The van der Waals surface area contributed by atoms with Gasteiger partial charge in [0.25, 0.3) is 5.56 Å². The number of amides is 1. The highest BCUT2D eigenvalue weighted by Gasteiger charge is 2.32. The van der Waals surface area contributed by atoms with E-state index < -0.39 is 0 Å². The van der Waals surface area contributed by atoms with Crippen LogP contribution in [0.15, 0.2) is 29.5 Å². The molecule has 0 saturated carbocycles. The summed E-state index contributed by atoms with van der Waals surface area (Å²) < 4.78 is 1.55. The first-order valence-electron chi connectivity index (χ1n) is 10.1. The molecular formula is C20H27N7O2. The molecule has 29 heavy (non-hydrogen) atoms. The fourth-order valence-corrected chi connectivity index (χ4v) is 4.03. The molecule has 2 aromatic heterocycles. The Morgan fingerprint density at radius 3 is 2.62 bits per heavy atom. The van der Waals surface area contributed by atoms with E-state index >= 15 is 0 Å². The molecule has 0 bridgehead atoms. The number of anilines is 1. The molecule has 4 heterocycles. The van der Waals surface area contributed by atoms with E-state index in [9.17, 15) is 9.59 Å². The molecule has 154 valence electrons. The molecule has 0 N–H and O–H groups in total. The van der Waals surface area contributed by atoms with Gasteiger partial charge >= 0.3 is 0 Å². The summed E-state index contributed by atoms with van der Waals surface area (Å²) in [6.07, 6.45) is 4.85. The number of piperidine rings is 1. The average Bonchev–Trinajstić information content (AvgIpc) is 2.76. The average molecular weight is 397 g/mol. The van der Waals surface area contributed by atoms with Crippen LogP contribution in [0.4, 0.5) is 5.95 Å². The van der Waals surface area contributed by atoms with Crippen LogP contribution in [0.1, 0.15) is 12.8 Å². The fourth-order valence-electron chi connectivity index (χ4n) is 4.03.